The predicted molar refractivity (Wildman–Crippen MR) is 110 cm³/mol. The second kappa shape index (κ2) is 8.50. The number of nitrogens with one attached hydrogen (secondary N) is 2. The average Bonchev–Trinajstić information content (AvgIpc) is 2.74. The monoisotopic (exact) mass is 442 g/mol. The van der Waals surface area contributed by atoms with Crippen LogP contribution in [0.25, 0.3) is 11.0 Å². The summed E-state index contributed by atoms with van der Waals surface area (Å²) in [7, 11) is 0. The minimum absolute atomic E-state index is 0.207. The maximum absolute atomic E-state index is 13.4. The van der Waals surface area contributed by atoms with Gasteiger partial charge in [0.25, 0.3) is 0 Å². The molecule has 2 amide bonds. The lowest BCUT2D eigenvalue weighted by atomic mass is 10.2. The molecule has 32 heavy (non-hydrogen) atoms. The molecule has 4 aromatic rings. The number of aromatic nitrogens is 2. The van der Waals surface area contributed by atoms with Crippen molar-refractivity contribution in [1.82, 2.24) is 9.97 Å². The number of anilines is 2. The fourth-order valence-electron chi connectivity index (χ4n) is 2.89. The van der Waals surface area contributed by atoms with E-state index in [4.69, 9.17) is 4.74 Å². The van der Waals surface area contributed by atoms with E-state index in [1.54, 1.807) is 48.8 Å². The molecular weight excluding hydrogens is 428 g/mol. The fourth-order valence-corrected chi connectivity index (χ4v) is 2.89. The molecule has 0 aliphatic heterocycles. The van der Waals surface area contributed by atoms with Crippen LogP contribution < -0.4 is 15.4 Å². The van der Waals surface area contributed by atoms with Crippen LogP contribution in [0.4, 0.5) is 33.7 Å². The first kappa shape index (κ1) is 21.0. The highest BCUT2D eigenvalue weighted by Gasteiger charge is 2.34. The molecule has 0 radical (unpaired) electrons. The van der Waals surface area contributed by atoms with Crippen LogP contribution in [-0.4, -0.2) is 16.0 Å². The normalized spacial score (nSPS) is 11.2. The summed E-state index contributed by atoms with van der Waals surface area (Å²) < 4.78 is 57.7. The lowest BCUT2D eigenvalue weighted by molar-refractivity contribution is -0.139. The van der Waals surface area contributed by atoms with Crippen molar-refractivity contribution >= 4 is 28.4 Å². The predicted octanol–water partition coefficient (Wildman–Crippen LogP) is 6.22. The summed E-state index contributed by atoms with van der Waals surface area (Å²) in [6.07, 6.45) is -1.73. The van der Waals surface area contributed by atoms with E-state index >= 15 is 0 Å². The van der Waals surface area contributed by atoms with Gasteiger partial charge in [0.05, 0.1) is 16.6 Å². The molecule has 0 fully saturated rings. The Morgan fingerprint density at radius 3 is 2.25 bits per heavy atom. The van der Waals surface area contributed by atoms with Crippen molar-refractivity contribution in [1.29, 1.82) is 0 Å². The van der Waals surface area contributed by atoms with E-state index in [0.717, 1.165) is 6.07 Å². The van der Waals surface area contributed by atoms with Gasteiger partial charge in [0.15, 0.2) is 0 Å². The highest BCUT2D eigenvalue weighted by molar-refractivity contribution is 5.99. The van der Waals surface area contributed by atoms with E-state index in [2.05, 4.69) is 20.6 Å². The molecule has 10 heteroatoms. The Hall–Kier alpha value is -4.21. The van der Waals surface area contributed by atoms with Gasteiger partial charge in [-0.05, 0) is 42.5 Å². The van der Waals surface area contributed by atoms with Gasteiger partial charge in [0.1, 0.15) is 17.3 Å². The minimum Gasteiger partial charge on any atom is -0.457 e. The Morgan fingerprint density at radius 1 is 0.812 bits per heavy atom. The van der Waals surface area contributed by atoms with Crippen LogP contribution >= 0.6 is 0 Å². The lowest BCUT2D eigenvalue weighted by Crippen LogP contribution is -2.20. The van der Waals surface area contributed by atoms with Crippen molar-refractivity contribution in [3.63, 3.8) is 0 Å². The Morgan fingerprint density at radius 2 is 1.50 bits per heavy atom. The number of carbonyl (C=O) groups is 1. The van der Waals surface area contributed by atoms with Gasteiger partial charge in [-0.15, -0.1) is 0 Å². The quantitative estimate of drug-likeness (QED) is 0.368. The fraction of sp³-hybridized carbons (Fsp3) is 0.0455. The van der Waals surface area contributed by atoms with Gasteiger partial charge < -0.3 is 15.4 Å². The maximum Gasteiger partial charge on any atom is 0.419 e. The van der Waals surface area contributed by atoms with Gasteiger partial charge in [-0.25, -0.2) is 9.18 Å². The van der Waals surface area contributed by atoms with E-state index in [1.165, 1.54) is 6.07 Å². The third kappa shape index (κ3) is 4.91. The Balaban J connectivity index is 1.45. The smallest absolute Gasteiger partial charge is 0.419 e. The summed E-state index contributed by atoms with van der Waals surface area (Å²) in [5, 5.41) is 4.74. The van der Waals surface area contributed by atoms with Crippen LogP contribution in [-0.2, 0) is 6.18 Å². The minimum atomic E-state index is -4.88. The van der Waals surface area contributed by atoms with Crippen LogP contribution in [0, 0.1) is 5.82 Å². The van der Waals surface area contributed by atoms with Crippen molar-refractivity contribution in [3.8, 4) is 11.5 Å². The van der Waals surface area contributed by atoms with E-state index in [9.17, 15) is 22.4 Å². The summed E-state index contributed by atoms with van der Waals surface area (Å²) in [5.41, 5.74) is 0.0167. The maximum atomic E-state index is 13.4. The molecule has 3 aromatic carbocycles. The number of benzene rings is 3. The van der Waals surface area contributed by atoms with E-state index in [1.807, 2.05) is 0 Å². The molecule has 0 aliphatic rings. The first-order valence-corrected chi connectivity index (χ1v) is 9.21. The number of hydrogen-bond donors (Lipinski definition) is 2. The molecule has 0 spiro atoms. The molecular formula is C22H14F4N4O2. The van der Waals surface area contributed by atoms with Crippen molar-refractivity contribution in [2.45, 2.75) is 6.18 Å². The van der Waals surface area contributed by atoms with Crippen LogP contribution in [0.5, 0.6) is 11.5 Å². The third-order valence-corrected chi connectivity index (χ3v) is 4.30. The largest absolute Gasteiger partial charge is 0.457 e. The lowest BCUT2D eigenvalue weighted by Gasteiger charge is -2.12. The van der Waals surface area contributed by atoms with Crippen LogP contribution in [0.2, 0.25) is 0 Å². The van der Waals surface area contributed by atoms with Gasteiger partial charge in [-0.2, -0.15) is 13.2 Å². The molecule has 1 aromatic heterocycles. The van der Waals surface area contributed by atoms with Gasteiger partial charge in [0.2, 0.25) is 0 Å². The Kier molecular flexibility index (Phi) is 5.59. The zero-order valence-corrected chi connectivity index (χ0v) is 16.2. The average molecular weight is 442 g/mol. The first-order valence-electron chi connectivity index (χ1n) is 9.21. The molecule has 0 bridgehead atoms. The number of rotatable bonds is 4. The molecule has 162 valence electrons. The van der Waals surface area contributed by atoms with E-state index in [-0.39, 0.29) is 5.69 Å². The summed E-state index contributed by atoms with van der Waals surface area (Å²) in [4.78, 5) is 20.6. The molecule has 4 rings (SSSR count). The van der Waals surface area contributed by atoms with Gasteiger partial charge >= 0.3 is 12.2 Å². The van der Waals surface area contributed by atoms with E-state index < -0.39 is 23.6 Å². The molecule has 1 heterocycles. The van der Waals surface area contributed by atoms with Crippen molar-refractivity contribution < 1.29 is 27.1 Å². The number of halogens is 4. The summed E-state index contributed by atoms with van der Waals surface area (Å²) in [6.45, 7) is 0. The summed E-state index contributed by atoms with van der Waals surface area (Å²) >= 11 is 0. The summed E-state index contributed by atoms with van der Waals surface area (Å²) in [5.74, 6) is -0.509. The zero-order valence-electron chi connectivity index (χ0n) is 16.2. The van der Waals surface area contributed by atoms with Crippen LogP contribution in [0.3, 0.4) is 0 Å². The SMILES string of the molecule is O=C(Nc1cccc(Oc2ccc3nccnc3c2)c1)Nc1ccc(F)c(C(F)(F)F)c1. The number of ether oxygens (including phenoxy) is 1. The van der Waals surface area contributed by atoms with Crippen molar-refractivity contribution in [2.24, 2.45) is 0 Å². The topological polar surface area (TPSA) is 76.1 Å². The molecule has 0 atom stereocenters. The summed E-state index contributed by atoms with van der Waals surface area (Å²) in [6, 6.07) is 13.0. The molecule has 0 saturated heterocycles. The molecule has 0 aliphatic carbocycles. The number of carbonyl (C=O) groups excluding carboxylic acids is 1. The molecule has 6 nitrogen and oxygen atoms in total. The number of fused-ring (bicyclic) bond motifs is 1. The van der Waals surface area contributed by atoms with Crippen molar-refractivity contribution in [2.75, 3.05) is 10.6 Å². The van der Waals surface area contributed by atoms with Crippen molar-refractivity contribution in [3.05, 3.63) is 84.4 Å². The first-order chi connectivity index (χ1) is 15.3. The Labute approximate surface area is 178 Å². The van der Waals surface area contributed by atoms with E-state index in [0.29, 0.717) is 40.4 Å². The van der Waals surface area contributed by atoms with Crippen LogP contribution in [0.15, 0.2) is 73.1 Å². The number of amides is 2. The third-order valence-electron chi connectivity index (χ3n) is 4.30. The second-order valence-electron chi connectivity index (χ2n) is 6.61. The highest BCUT2D eigenvalue weighted by Crippen LogP contribution is 2.33. The number of alkyl halides is 3. The molecule has 0 unspecified atom stereocenters. The molecule has 2 N–H and O–H groups in total. The number of hydrogen-bond acceptors (Lipinski definition) is 4. The number of urea groups is 1. The van der Waals surface area contributed by atoms with Crippen LogP contribution in [0.1, 0.15) is 5.56 Å². The van der Waals surface area contributed by atoms with Gasteiger partial charge in [-0.1, -0.05) is 6.07 Å². The van der Waals surface area contributed by atoms with Gasteiger partial charge in [0, 0.05) is 35.9 Å². The second-order valence-corrected chi connectivity index (χ2v) is 6.61. The Bertz CT molecular complexity index is 1290. The molecule has 0 saturated carbocycles. The highest BCUT2D eigenvalue weighted by atomic mass is 19.4. The number of nitrogens with zero attached hydrogens (tertiary/aromatic N) is 2. The van der Waals surface area contributed by atoms with Gasteiger partial charge in [-0.3, -0.25) is 9.97 Å². The standard InChI is InChI=1S/C22H14F4N4O2/c23-18-6-4-14(11-17(18)22(24,25)26)30-21(31)29-13-2-1-3-15(10-13)32-16-5-7-19-20(12-16)28-9-8-27-19/h1-12H,(H2,29,30,31). The zero-order chi connectivity index (χ0) is 22.7.